The Balaban J connectivity index is 1.68. The molecular formula is C15H14FN3O2S. The van der Waals surface area contributed by atoms with Gasteiger partial charge in [-0.3, -0.25) is 9.59 Å². The molecule has 7 heteroatoms. The minimum atomic E-state index is -0.429. The molecule has 1 aromatic carbocycles. The summed E-state index contributed by atoms with van der Waals surface area (Å²) in [6.07, 6.45) is 1.83. The van der Waals surface area contributed by atoms with Crippen molar-refractivity contribution < 1.29 is 14.0 Å². The molecule has 0 radical (unpaired) electrons. The molecule has 1 aliphatic rings. The highest BCUT2D eigenvalue weighted by Gasteiger charge is 2.35. The van der Waals surface area contributed by atoms with Gasteiger partial charge in [-0.1, -0.05) is 0 Å². The van der Waals surface area contributed by atoms with Crippen LogP contribution in [0.15, 0.2) is 30.5 Å². The van der Waals surface area contributed by atoms with Gasteiger partial charge in [-0.15, -0.1) is 11.3 Å². The van der Waals surface area contributed by atoms with E-state index in [1.807, 2.05) is 6.92 Å². The number of carbonyl (C=O) groups excluding carboxylic acids is 2. The standard InChI is InChI=1S/C15H14FN3O2S/c1-9-7-17-15(22-9)18-14(21)10-6-13(20)19(8-10)12-4-2-11(16)3-5-12/h2-5,7,10H,6,8H2,1H3,(H,17,18,21). The fourth-order valence-corrected chi connectivity index (χ4v) is 3.04. The Morgan fingerprint density at radius 3 is 2.77 bits per heavy atom. The summed E-state index contributed by atoms with van der Waals surface area (Å²) >= 11 is 1.39. The van der Waals surface area contributed by atoms with Crippen molar-refractivity contribution in [2.75, 3.05) is 16.8 Å². The first-order valence-electron chi connectivity index (χ1n) is 6.82. The molecule has 2 amide bonds. The quantitative estimate of drug-likeness (QED) is 0.946. The second-order valence-corrected chi connectivity index (χ2v) is 6.38. The summed E-state index contributed by atoms with van der Waals surface area (Å²) in [5.41, 5.74) is 0.604. The molecule has 1 atom stereocenters. The van der Waals surface area contributed by atoms with Crippen LogP contribution in [0.5, 0.6) is 0 Å². The van der Waals surface area contributed by atoms with E-state index in [1.54, 1.807) is 6.20 Å². The third-order valence-electron chi connectivity index (χ3n) is 3.49. The van der Waals surface area contributed by atoms with Gasteiger partial charge < -0.3 is 10.2 Å². The number of anilines is 2. The Labute approximate surface area is 130 Å². The van der Waals surface area contributed by atoms with Crippen LogP contribution in [-0.4, -0.2) is 23.3 Å². The molecule has 114 valence electrons. The number of hydrogen-bond acceptors (Lipinski definition) is 4. The highest BCUT2D eigenvalue weighted by atomic mass is 32.1. The van der Waals surface area contributed by atoms with Crippen molar-refractivity contribution in [1.82, 2.24) is 4.98 Å². The molecule has 1 fully saturated rings. The number of nitrogens with one attached hydrogen (secondary N) is 1. The van der Waals surface area contributed by atoms with E-state index in [0.29, 0.717) is 17.4 Å². The highest BCUT2D eigenvalue weighted by molar-refractivity contribution is 7.15. The molecule has 0 aliphatic carbocycles. The predicted octanol–water partition coefficient (Wildman–Crippen LogP) is 2.58. The number of benzene rings is 1. The number of amides is 2. The van der Waals surface area contributed by atoms with E-state index in [-0.39, 0.29) is 24.1 Å². The van der Waals surface area contributed by atoms with E-state index in [1.165, 1.54) is 40.5 Å². The van der Waals surface area contributed by atoms with Crippen LogP contribution in [0, 0.1) is 18.7 Å². The van der Waals surface area contributed by atoms with Gasteiger partial charge in [0.2, 0.25) is 11.8 Å². The van der Waals surface area contributed by atoms with Crippen LogP contribution in [0.4, 0.5) is 15.2 Å². The maximum Gasteiger partial charge on any atom is 0.231 e. The number of hydrogen-bond donors (Lipinski definition) is 1. The zero-order valence-electron chi connectivity index (χ0n) is 11.9. The minimum Gasteiger partial charge on any atom is -0.312 e. The largest absolute Gasteiger partial charge is 0.312 e. The monoisotopic (exact) mass is 319 g/mol. The first kappa shape index (κ1) is 14.6. The normalized spacial score (nSPS) is 17.8. The average molecular weight is 319 g/mol. The van der Waals surface area contributed by atoms with Gasteiger partial charge in [-0.2, -0.15) is 0 Å². The topological polar surface area (TPSA) is 62.3 Å². The van der Waals surface area contributed by atoms with Gasteiger partial charge in [0.05, 0.1) is 5.92 Å². The maximum absolute atomic E-state index is 12.9. The summed E-state index contributed by atoms with van der Waals surface area (Å²) in [7, 11) is 0. The number of thiazole rings is 1. The van der Waals surface area contributed by atoms with Crippen LogP contribution in [0.25, 0.3) is 0 Å². The van der Waals surface area contributed by atoms with Crippen LogP contribution in [0.2, 0.25) is 0 Å². The lowest BCUT2D eigenvalue weighted by molar-refractivity contribution is -0.122. The van der Waals surface area contributed by atoms with Gasteiger partial charge >= 0.3 is 0 Å². The first-order valence-corrected chi connectivity index (χ1v) is 7.64. The van der Waals surface area contributed by atoms with Gasteiger partial charge in [-0.25, -0.2) is 9.37 Å². The van der Waals surface area contributed by atoms with Crippen molar-refractivity contribution >= 4 is 34.0 Å². The van der Waals surface area contributed by atoms with Gasteiger partial charge in [-0.05, 0) is 31.2 Å². The lowest BCUT2D eigenvalue weighted by atomic mass is 10.1. The molecule has 2 heterocycles. The molecule has 1 saturated heterocycles. The second kappa shape index (κ2) is 5.84. The number of nitrogens with zero attached hydrogens (tertiary/aromatic N) is 2. The van der Waals surface area contributed by atoms with Crippen molar-refractivity contribution in [1.29, 1.82) is 0 Å². The SMILES string of the molecule is Cc1cnc(NC(=O)C2CC(=O)N(c3ccc(F)cc3)C2)s1. The lowest BCUT2D eigenvalue weighted by Crippen LogP contribution is -2.28. The first-order chi connectivity index (χ1) is 10.5. The van der Waals surface area contributed by atoms with Crippen LogP contribution in [0.3, 0.4) is 0 Å². The Hall–Kier alpha value is -2.28. The zero-order chi connectivity index (χ0) is 15.7. The molecule has 22 heavy (non-hydrogen) atoms. The van der Waals surface area contributed by atoms with Crippen LogP contribution < -0.4 is 10.2 Å². The van der Waals surface area contributed by atoms with Crippen molar-refractivity contribution in [3.8, 4) is 0 Å². The molecule has 5 nitrogen and oxygen atoms in total. The Morgan fingerprint density at radius 1 is 1.41 bits per heavy atom. The van der Waals surface area contributed by atoms with Crippen molar-refractivity contribution in [2.24, 2.45) is 5.92 Å². The molecule has 0 bridgehead atoms. The van der Waals surface area contributed by atoms with Crippen molar-refractivity contribution in [3.63, 3.8) is 0 Å². The predicted molar refractivity (Wildman–Crippen MR) is 82.3 cm³/mol. The molecule has 2 aromatic rings. The summed E-state index contributed by atoms with van der Waals surface area (Å²) in [4.78, 5) is 30.9. The summed E-state index contributed by atoms with van der Waals surface area (Å²) in [6, 6.07) is 5.68. The van der Waals surface area contributed by atoms with Gasteiger partial charge in [0.1, 0.15) is 5.82 Å². The minimum absolute atomic E-state index is 0.137. The van der Waals surface area contributed by atoms with E-state index in [9.17, 15) is 14.0 Å². The molecule has 3 rings (SSSR count). The van der Waals surface area contributed by atoms with Crippen molar-refractivity contribution in [2.45, 2.75) is 13.3 Å². The van der Waals surface area contributed by atoms with Crippen LogP contribution >= 0.6 is 11.3 Å². The third kappa shape index (κ3) is 2.99. The summed E-state index contributed by atoms with van der Waals surface area (Å²) in [6.45, 7) is 2.20. The van der Waals surface area contributed by atoms with Gasteiger partial charge in [0.15, 0.2) is 5.13 Å². The van der Waals surface area contributed by atoms with E-state index < -0.39 is 5.92 Å². The van der Waals surface area contributed by atoms with Crippen molar-refractivity contribution in [3.05, 3.63) is 41.2 Å². The van der Waals surface area contributed by atoms with E-state index in [2.05, 4.69) is 10.3 Å². The van der Waals surface area contributed by atoms with E-state index in [4.69, 9.17) is 0 Å². The van der Waals surface area contributed by atoms with Gasteiger partial charge in [0.25, 0.3) is 0 Å². The molecule has 1 unspecified atom stereocenters. The molecule has 1 N–H and O–H groups in total. The van der Waals surface area contributed by atoms with Gasteiger partial charge in [0, 0.05) is 29.7 Å². The van der Waals surface area contributed by atoms with Crippen LogP contribution in [-0.2, 0) is 9.59 Å². The summed E-state index contributed by atoms with van der Waals surface area (Å²) in [5.74, 6) is -1.14. The lowest BCUT2D eigenvalue weighted by Gasteiger charge is -2.16. The molecule has 1 aliphatic heterocycles. The number of rotatable bonds is 3. The molecule has 0 saturated carbocycles. The summed E-state index contributed by atoms with van der Waals surface area (Å²) in [5, 5.41) is 3.27. The number of aromatic nitrogens is 1. The number of aryl methyl sites for hydroxylation is 1. The Bertz CT molecular complexity index is 714. The highest BCUT2D eigenvalue weighted by Crippen LogP contribution is 2.26. The Kier molecular flexibility index (Phi) is 3.89. The summed E-state index contributed by atoms with van der Waals surface area (Å²) < 4.78 is 12.9. The fraction of sp³-hybridized carbons (Fsp3) is 0.267. The van der Waals surface area contributed by atoms with E-state index >= 15 is 0 Å². The second-order valence-electron chi connectivity index (χ2n) is 5.15. The Morgan fingerprint density at radius 2 is 2.14 bits per heavy atom. The van der Waals surface area contributed by atoms with Crippen LogP contribution in [0.1, 0.15) is 11.3 Å². The fourth-order valence-electron chi connectivity index (χ4n) is 2.37. The molecule has 1 aromatic heterocycles. The zero-order valence-corrected chi connectivity index (χ0v) is 12.7. The smallest absolute Gasteiger partial charge is 0.231 e. The number of halogens is 1. The third-order valence-corrected chi connectivity index (χ3v) is 4.31. The number of carbonyl (C=O) groups is 2. The average Bonchev–Trinajstić information content (AvgIpc) is 3.06. The maximum atomic E-state index is 12.9. The van der Waals surface area contributed by atoms with E-state index in [0.717, 1.165) is 4.88 Å². The molecule has 0 spiro atoms. The molecular weight excluding hydrogens is 305 g/mol.